The maximum Gasteiger partial charge on any atom is 0.127 e. The number of halogens is 3. The lowest BCUT2D eigenvalue weighted by molar-refractivity contribution is 0.576. The number of hydrogen-bond acceptors (Lipinski definition) is 1. The molecule has 0 aliphatic carbocycles. The van der Waals surface area contributed by atoms with Gasteiger partial charge in [0.1, 0.15) is 11.6 Å². The van der Waals surface area contributed by atoms with Gasteiger partial charge in [-0.1, -0.05) is 17.5 Å². The number of rotatable bonds is 6. The van der Waals surface area contributed by atoms with Crippen molar-refractivity contribution < 1.29 is 8.78 Å². The minimum atomic E-state index is -0.521. The predicted octanol–water partition coefficient (Wildman–Crippen LogP) is 5.16. The molecule has 0 spiro atoms. The Hall–Kier alpha value is -1.23. The molecule has 0 aliphatic heterocycles. The Bertz CT molecular complexity index is 658. The van der Waals surface area contributed by atoms with Gasteiger partial charge < -0.3 is 5.73 Å². The van der Waals surface area contributed by atoms with Crippen molar-refractivity contribution in [3.8, 4) is 0 Å². The summed E-state index contributed by atoms with van der Waals surface area (Å²) in [6, 6.07) is 10.9. The molecule has 2 aromatic carbocycles. The summed E-state index contributed by atoms with van der Waals surface area (Å²) in [6.45, 7) is 0.505. The molecule has 118 valence electrons. The molecular formula is C17H18ClF2NS. The van der Waals surface area contributed by atoms with Gasteiger partial charge in [-0.15, -0.1) is 0 Å². The molecule has 0 heterocycles. The van der Waals surface area contributed by atoms with Crippen molar-refractivity contribution in [1.29, 1.82) is 0 Å². The van der Waals surface area contributed by atoms with Crippen LogP contribution in [0.4, 0.5) is 8.78 Å². The Balaban J connectivity index is 2.38. The summed E-state index contributed by atoms with van der Waals surface area (Å²) >= 11 is 5.90. The molecule has 0 fully saturated rings. The van der Waals surface area contributed by atoms with E-state index in [-0.39, 0.29) is 5.25 Å². The first-order valence-electron chi connectivity index (χ1n) is 6.96. The van der Waals surface area contributed by atoms with Crippen molar-refractivity contribution in [2.24, 2.45) is 5.73 Å². The fourth-order valence-electron chi connectivity index (χ4n) is 2.29. The van der Waals surface area contributed by atoms with Crippen molar-refractivity contribution in [2.75, 3.05) is 6.54 Å². The lowest BCUT2D eigenvalue weighted by Gasteiger charge is -2.22. The van der Waals surface area contributed by atoms with Crippen LogP contribution in [0.5, 0.6) is 0 Å². The topological polar surface area (TPSA) is 26.0 Å². The minimum Gasteiger partial charge on any atom is -0.330 e. The molecule has 1 nitrogen and oxygen atoms in total. The summed E-state index contributed by atoms with van der Waals surface area (Å²) < 4.78 is 27.7. The standard InChI is InChI=1S/C17H18ClF2NS/c1-22(14-7-4-12(18)5-8-14)17(3-2-10-21)15-11-13(19)6-9-16(15)20/h4-9,11,17H,1-3,10,21H2. The van der Waals surface area contributed by atoms with Gasteiger partial charge in [0, 0.05) is 20.7 Å². The largest absolute Gasteiger partial charge is 0.330 e. The number of nitrogens with two attached hydrogens (primary N) is 1. The van der Waals surface area contributed by atoms with Crippen molar-refractivity contribution in [1.82, 2.24) is 0 Å². The van der Waals surface area contributed by atoms with E-state index in [0.717, 1.165) is 17.4 Å². The summed E-state index contributed by atoms with van der Waals surface area (Å²) in [5, 5.41) is 0.427. The van der Waals surface area contributed by atoms with Crippen LogP contribution in [0.3, 0.4) is 0 Å². The van der Waals surface area contributed by atoms with E-state index in [0.29, 0.717) is 23.6 Å². The van der Waals surface area contributed by atoms with Gasteiger partial charge in [-0.25, -0.2) is 8.78 Å². The molecule has 0 bridgehead atoms. The summed E-state index contributed by atoms with van der Waals surface area (Å²) in [6.07, 6.45) is 1.39. The Kier molecular flexibility index (Phi) is 6.12. The van der Waals surface area contributed by atoms with Gasteiger partial charge >= 0.3 is 0 Å². The monoisotopic (exact) mass is 341 g/mol. The van der Waals surface area contributed by atoms with Gasteiger partial charge in [-0.2, -0.15) is 10.5 Å². The second-order valence-electron chi connectivity index (χ2n) is 4.97. The van der Waals surface area contributed by atoms with E-state index < -0.39 is 22.1 Å². The SMILES string of the molecule is C=S(c1ccc(Cl)cc1)C(CCCN)c1cc(F)ccc1F. The van der Waals surface area contributed by atoms with Gasteiger partial charge in [0.15, 0.2) is 0 Å². The van der Waals surface area contributed by atoms with Gasteiger partial charge in [-0.3, -0.25) is 0 Å². The third-order valence-electron chi connectivity index (χ3n) is 3.44. The first kappa shape index (κ1) is 17.1. The summed E-state index contributed by atoms with van der Waals surface area (Å²) in [5.41, 5.74) is 5.94. The fourth-order valence-corrected chi connectivity index (χ4v) is 4.17. The molecule has 2 atom stereocenters. The van der Waals surface area contributed by atoms with Crippen LogP contribution >= 0.6 is 22.1 Å². The van der Waals surface area contributed by atoms with Gasteiger partial charge in [0.05, 0.1) is 0 Å². The highest BCUT2D eigenvalue weighted by molar-refractivity contribution is 8.14. The van der Waals surface area contributed by atoms with E-state index in [2.05, 4.69) is 5.87 Å². The first-order valence-corrected chi connectivity index (χ1v) is 8.79. The predicted molar refractivity (Wildman–Crippen MR) is 91.8 cm³/mol. The van der Waals surface area contributed by atoms with Crippen LogP contribution in [-0.2, 0) is 0 Å². The molecule has 22 heavy (non-hydrogen) atoms. The van der Waals surface area contributed by atoms with E-state index in [4.69, 9.17) is 17.3 Å². The molecule has 0 amide bonds. The third kappa shape index (κ3) is 4.15. The van der Waals surface area contributed by atoms with Crippen LogP contribution < -0.4 is 5.73 Å². The average Bonchev–Trinajstić information content (AvgIpc) is 2.51. The van der Waals surface area contributed by atoms with E-state index >= 15 is 0 Å². The quantitative estimate of drug-likeness (QED) is 0.722. The highest BCUT2D eigenvalue weighted by Gasteiger charge is 2.19. The molecule has 5 heteroatoms. The van der Waals surface area contributed by atoms with Gasteiger partial charge in [-0.05, 0) is 61.9 Å². The van der Waals surface area contributed by atoms with E-state index in [1.807, 2.05) is 12.1 Å². The Morgan fingerprint density at radius 3 is 2.45 bits per heavy atom. The highest BCUT2D eigenvalue weighted by atomic mass is 35.5. The normalized spacial score (nSPS) is 13.8. The van der Waals surface area contributed by atoms with Crippen LogP contribution in [0.2, 0.25) is 5.02 Å². The minimum absolute atomic E-state index is 0.208. The van der Waals surface area contributed by atoms with Crippen molar-refractivity contribution in [2.45, 2.75) is 23.0 Å². The Morgan fingerprint density at radius 2 is 1.82 bits per heavy atom. The number of benzene rings is 2. The van der Waals surface area contributed by atoms with Crippen LogP contribution in [-0.4, -0.2) is 12.4 Å². The molecule has 0 aliphatic rings. The van der Waals surface area contributed by atoms with Crippen LogP contribution in [0.15, 0.2) is 47.4 Å². The molecule has 0 radical (unpaired) electrons. The lowest BCUT2D eigenvalue weighted by Crippen LogP contribution is -2.05. The summed E-state index contributed by atoms with van der Waals surface area (Å²) in [7, 11) is -0.521. The van der Waals surface area contributed by atoms with Gasteiger partial charge in [0.25, 0.3) is 0 Å². The second-order valence-corrected chi connectivity index (χ2v) is 7.30. The number of hydrogen-bond donors (Lipinski definition) is 1. The molecule has 2 N–H and O–H groups in total. The molecule has 0 aromatic heterocycles. The molecule has 2 unspecified atom stereocenters. The van der Waals surface area contributed by atoms with E-state index in [1.165, 1.54) is 12.1 Å². The Labute approximate surface area is 137 Å². The van der Waals surface area contributed by atoms with E-state index in [1.54, 1.807) is 12.1 Å². The zero-order valence-corrected chi connectivity index (χ0v) is 13.6. The highest BCUT2D eigenvalue weighted by Crippen LogP contribution is 2.44. The second kappa shape index (κ2) is 7.86. The zero-order valence-electron chi connectivity index (χ0n) is 12.1. The third-order valence-corrected chi connectivity index (χ3v) is 5.74. The molecular weight excluding hydrogens is 324 g/mol. The summed E-state index contributed by atoms with van der Waals surface area (Å²) in [5.74, 6) is 3.35. The van der Waals surface area contributed by atoms with Crippen LogP contribution in [0, 0.1) is 11.6 Å². The zero-order chi connectivity index (χ0) is 16.1. The lowest BCUT2D eigenvalue weighted by atomic mass is 10.1. The Morgan fingerprint density at radius 1 is 1.14 bits per heavy atom. The maximum atomic E-state index is 14.1. The molecule has 2 rings (SSSR count). The van der Waals surface area contributed by atoms with Crippen molar-refractivity contribution in [3.63, 3.8) is 0 Å². The maximum absolute atomic E-state index is 14.1. The van der Waals surface area contributed by atoms with E-state index in [9.17, 15) is 8.78 Å². The fraction of sp³-hybridized carbons (Fsp3) is 0.235. The van der Waals surface area contributed by atoms with Crippen molar-refractivity contribution in [3.05, 3.63) is 64.7 Å². The smallest absolute Gasteiger partial charge is 0.127 e. The van der Waals surface area contributed by atoms with Crippen LogP contribution in [0.1, 0.15) is 23.7 Å². The average molecular weight is 342 g/mol. The van der Waals surface area contributed by atoms with Crippen LogP contribution in [0.25, 0.3) is 0 Å². The molecule has 0 saturated heterocycles. The summed E-state index contributed by atoms with van der Waals surface area (Å²) in [4.78, 5) is 0.968. The van der Waals surface area contributed by atoms with Crippen molar-refractivity contribution >= 4 is 28.0 Å². The van der Waals surface area contributed by atoms with Gasteiger partial charge in [0.2, 0.25) is 0 Å². The first-order chi connectivity index (χ1) is 10.5. The molecule has 0 saturated carbocycles. The molecule has 2 aromatic rings.